The van der Waals surface area contributed by atoms with Crippen LogP contribution >= 0.6 is 12.4 Å². The fourth-order valence-electron chi connectivity index (χ4n) is 4.62. The molecular weight excluding hydrogens is 400 g/mol. The van der Waals surface area contributed by atoms with Crippen LogP contribution in [0.5, 0.6) is 0 Å². The standard InChI is InChI=1S/C22H26N6O.ClH/c1-15-6-3-4-8-17(15)28-18-9-5-7-16(18)20(25-28)22(29)27-13-10-23-14-19(27)21-24-11-12-26(21)2;/h3-4,6,8,11-12,19,23H,5,7,9-10,13-14H2,1-2H3;1H. The molecule has 1 atom stereocenters. The minimum Gasteiger partial charge on any atom is -0.336 e. The molecular formula is C22H27ClN6O. The van der Waals surface area contributed by atoms with Gasteiger partial charge in [-0.2, -0.15) is 5.10 Å². The summed E-state index contributed by atoms with van der Waals surface area (Å²) in [7, 11) is 1.98. The Morgan fingerprint density at radius 1 is 1.23 bits per heavy atom. The highest BCUT2D eigenvalue weighted by Crippen LogP contribution is 2.31. The molecule has 0 bridgehead atoms. The molecule has 30 heavy (non-hydrogen) atoms. The zero-order valence-electron chi connectivity index (χ0n) is 17.3. The molecule has 5 rings (SSSR count). The van der Waals surface area contributed by atoms with Crippen molar-refractivity contribution in [2.45, 2.75) is 32.2 Å². The van der Waals surface area contributed by atoms with Crippen LogP contribution in [0.1, 0.15) is 45.6 Å². The minimum absolute atomic E-state index is 0. The fraction of sp³-hybridized carbons (Fsp3) is 0.409. The fourth-order valence-corrected chi connectivity index (χ4v) is 4.62. The van der Waals surface area contributed by atoms with Crippen LogP contribution in [0.15, 0.2) is 36.7 Å². The first-order valence-corrected chi connectivity index (χ1v) is 10.3. The molecule has 1 saturated heterocycles. The first-order chi connectivity index (χ1) is 14.1. The summed E-state index contributed by atoms with van der Waals surface area (Å²) in [5.74, 6) is 0.922. The van der Waals surface area contributed by atoms with E-state index in [1.54, 1.807) is 6.20 Å². The average molecular weight is 427 g/mol. The highest BCUT2D eigenvalue weighted by atomic mass is 35.5. The molecule has 2 aromatic heterocycles. The number of fused-ring (bicyclic) bond motifs is 1. The maximum absolute atomic E-state index is 13.7. The van der Waals surface area contributed by atoms with E-state index in [9.17, 15) is 4.79 Å². The molecule has 1 amide bonds. The molecule has 1 fully saturated rings. The Morgan fingerprint density at radius 3 is 2.83 bits per heavy atom. The van der Waals surface area contributed by atoms with E-state index >= 15 is 0 Å². The summed E-state index contributed by atoms with van der Waals surface area (Å²) in [6.45, 7) is 4.24. The van der Waals surface area contributed by atoms with Crippen LogP contribution < -0.4 is 5.32 Å². The van der Waals surface area contributed by atoms with Gasteiger partial charge in [0.2, 0.25) is 0 Å². The third kappa shape index (κ3) is 3.32. The number of halogens is 1. The number of piperazine rings is 1. The second-order valence-corrected chi connectivity index (χ2v) is 7.94. The van der Waals surface area contributed by atoms with Crippen LogP contribution in [-0.4, -0.2) is 49.8 Å². The number of carbonyl (C=O) groups excluding carboxylic acids is 1. The van der Waals surface area contributed by atoms with Gasteiger partial charge >= 0.3 is 0 Å². The number of carbonyl (C=O) groups is 1. The van der Waals surface area contributed by atoms with Gasteiger partial charge in [0.15, 0.2) is 5.69 Å². The van der Waals surface area contributed by atoms with Crippen LogP contribution in [0.4, 0.5) is 0 Å². The number of para-hydroxylation sites is 1. The van der Waals surface area contributed by atoms with Gasteiger partial charge in [0.25, 0.3) is 5.91 Å². The van der Waals surface area contributed by atoms with E-state index in [0.29, 0.717) is 18.8 Å². The summed E-state index contributed by atoms with van der Waals surface area (Å²) in [6.07, 6.45) is 6.67. The van der Waals surface area contributed by atoms with Gasteiger partial charge in [-0.15, -0.1) is 12.4 Å². The van der Waals surface area contributed by atoms with Crippen molar-refractivity contribution >= 4 is 18.3 Å². The van der Waals surface area contributed by atoms with E-state index in [4.69, 9.17) is 5.10 Å². The number of benzene rings is 1. The van der Waals surface area contributed by atoms with Gasteiger partial charge in [-0.1, -0.05) is 18.2 Å². The van der Waals surface area contributed by atoms with Crippen molar-refractivity contribution in [2.24, 2.45) is 7.05 Å². The molecule has 8 heteroatoms. The summed E-state index contributed by atoms with van der Waals surface area (Å²) in [4.78, 5) is 20.1. The Bertz CT molecular complexity index is 1070. The zero-order valence-corrected chi connectivity index (χ0v) is 18.2. The van der Waals surface area contributed by atoms with Crippen LogP contribution in [0.2, 0.25) is 0 Å². The number of nitrogens with one attached hydrogen (secondary N) is 1. The van der Waals surface area contributed by atoms with Crippen molar-refractivity contribution in [2.75, 3.05) is 19.6 Å². The summed E-state index contributed by atoms with van der Waals surface area (Å²) < 4.78 is 4.00. The summed E-state index contributed by atoms with van der Waals surface area (Å²) in [5, 5.41) is 8.26. The zero-order chi connectivity index (χ0) is 20.0. The molecule has 0 radical (unpaired) electrons. The summed E-state index contributed by atoms with van der Waals surface area (Å²) in [6, 6.07) is 8.15. The Morgan fingerprint density at radius 2 is 2.07 bits per heavy atom. The van der Waals surface area contributed by atoms with Crippen LogP contribution in [0, 0.1) is 6.92 Å². The number of aromatic nitrogens is 4. The maximum Gasteiger partial charge on any atom is 0.275 e. The minimum atomic E-state index is -0.0862. The molecule has 1 unspecified atom stereocenters. The summed E-state index contributed by atoms with van der Waals surface area (Å²) in [5.41, 5.74) is 5.14. The molecule has 7 nitrogen and oxygen atoms in total. The molecule has 3 heterocycles. The van der Waals surface area contributed by atoms with Gasteiger partial charge in [0, 0.05) is 50.3 Å². The van der Waals surface area contributed by atoms with Crippen molar-refractivity contribution in [1.82, 2.24) is 29.5 Å². The quantitative estimate of drug-likeness (QED) is 0.699. The Labute approximate surface area is 182 Å². The Kier molecular flexibility index (Phi) is 5.66. The number of aryl methyl sites for hydroxylation is 2. The number of hydrogen-bond donors (Lipinski definition) is 1. The lowest BCUT2D eigenvalue weighted by atomic mass is 10.1. The van der Waals surface area contributed by atoms with Gasteiger partial charge in [-0.25, -0.2) is 9.67 Å². The average Bonchev–Trinajstić information content (AvgIpc) is 3.45. The van der Waals surface area contributed by atoms with E-state index < -0.39 is 0 Å². The first-order valence-electron chi connectivity index (χ1n) is 10.3. The lowest BCUT2D eigenvalue weighted by Crippen LogP contribution is -2.49. The molecule has 1 N–H and O–H groups in total. The molecule has 158 valence electrons. The SMILES string of the molecule is Cc1ccccc1-n1nc(C(=O)N2CCNCC2c2nccn2C)c2c1CCC2.Cl. The number of imidazole rings is 1. The molecule has 0 spiro atoms. The highest BCUT2D eigenvalue weighted by molar-refractivity contribution is 5.94. The Balaban J connectivity index is 0.00000218. The van der Waals surface area contributed by atoms with E-state index in [1.807, 2.05) is 39.5 Å². The third-order valence-corrected chi connectivity index (χ3v) is 6.14. The first kappa shape index (κ1) is 20.6. The second kappa shape index (κ2) is 8.24. The van der Waals surface area contributed by atoms with Crippen LogP contribution in [0.3, 0.4) is 0 Å². The lowest BCUT2D eigenvalue weighted by Gasteiger charge is -2.35. The molecule has 0 saturated carbocycles. The van der Waals surface area contributed by atoms with Crippen molar-refractivity contribution in [1.29, 1.82) is 0 Å². The van der Waals surface area contributed by atoms with Crippen molar-refractivity contribution in [3.8, 4) is 5.69 Å². The number of hydrogen-bond acceptors (Lipinski definition) is 4. The van der Waals surface area contributed by atoms with Gasteiger partial charge in [0.05, 0.1) is 5.69 Å². The maximum atomic E-state index is 13.7. The largest absolute Gasteiger partial charge is 0.336 e. The van der Waals surface area contributed by atoms with E-state index in [1.165, 1.54) is 5.69 Å². The second-order valence-electron chi connectivity index (χ2n) is 7.94. The monoisotopic (exact) mass is 426 g/mol. The molecule has 2 aliphatic rings. The van der Waals surface area contributed by atoms with E-state index in [0.717, 1.165) is 48.4 Å². The van der Waals surface area contributed by atoms with Gasteiger partial charge in [0.1, 0.15) is 11.9 Å². The van der Waals surface area contributed by atoms with E-state index in [2.05, 4.69) is 29.4 Å². The van der Waals surface area contributed by atoms with Gasteiger partial charge < -0.3 is 14.8 Å². The Hall–Kier alpha value is -2.64. The predicted octanol–water partition coefficient (Wildman–Crippen LogP) is 2.61. The predicted molar refractivity (Wildman–Crippen MR) is 117 cm³/mol. The molecule has 1 aromatic carbocycles. The number of rotatable bonds is 3. The topological polar surface area (TPSA) is 68.0 Å². The number of amides is 1. The smallest absolute Gasteiger partial charge is 0.275 e. The van der Waals surface area contributed by atoms with Gasteiger partial charge in [-0.05, 0) is 37.8 Å². The van der Waals surface area contributed by atoms with E-state index in [-0.39, 0.29) is 24.4 Å². The molecule has 3 aromatic rings. The van der Waals surface area contributed by atoms with Crippen molar-refractivity contribution in [3.05, 3.63) is 65.0 Å². The summed E-state index contributed by atoms with van der Waals surface area (Å²) >= 11 is 0. The van der Waals surface area contributed by atoms with Crippen LogP contribution in [0.25, 0.3) is 5.69 Å². The van der Waals surface area contributed by atoms with Crippen molar-refractivity contribution in [3.63, 3.8) is 0 Å². The molecule has 1 aliphatic carbocycles. The highest BCUT2D eigenvalue weighted by Gasteiger charge is 2.35. The number of nitrogens with zero attached hydrogens (tertiary/aromatic N) is 5. The molecule has 1 aliphatic heterocycles. The van der Waals surface area contributed by atoms with Crippen molar-refractivity contribution < 1.29 is 4.79 Å². The lowest BCUT2D eigenvalue weighted by molar-refractivity contribution is 0.0613. The van der Waals surface area contributed by atoms with Crippen LogP contribution in [-0.2, 0) is 19.9 Å². The van der Waals surface area contributed by atoms with Gasteiger partial charge in [-0.3, -0.25) is 4.79 Å². The third-order valence-electron chi connectivity index (χ3n) is 6.14. The normalized spacial score (nSPS) is 18.2.